The number of nitrogens with one attached hydrogen (secondary N) is 1. The highest BCUT2D eigenvalue weighted by atomic mass is 16.3. The smallest absolute Gasteiger partial charge is 0.0695 e. The van der Waals surface area contributed by atoms with Crippen molar-refractivity contribution in [2.45, 2.75) is 88.4 Å². The zero-order valence-electron chi connectivity index (χ0n) is 12.2. The molecule has 0 aromatic heterocycles. The molecule has 0 amide bonds. The molecule has 0 radical (unpaired) electrons. The third-order valence-electron chi connectivity index (χ3n) is 5.26. The van der Waals surface area contributed by atoms with Crippen LogP contribution in [0.2, 0.25) is 0 Å². The molecule has 110 valence electrons. The van der Waals surface area contributed by atoms with Gasteiger partial charge in [0.15, 0.2) is 0 Å². The summed E-state index contributed by atoms with van der Waals surface area (Å²) < 4.78 is 0. The molecule has 3 aliphatic rings. The predicted molar refractivity (Wildman–Crippen MR) is 78.2 cm³/mol. The number of aliphatic hydroxyl groups is 1. The van der Waals surface area contributed by atoms with Crippen LogP contribution < -0.4 is 5.32 Å². The molecule has 2 saturated carbocycles. The third-order valence-corrected chi connectivity index (χ3v) is 5.26. The lowest BCUT2D eigenvalue weighted by Crippen LogP contribution is -2.54. The zero-order valence-corrected chi connectivity index (χ0v) is 12.2. The Hall–Kier alpha value is -0.120. The summed E-state index contributed by atoms with van der Waals surface area (Å²) in [5, 5.41) is 14.1. The zero-order chi connectivity index (χ0) is 13.1. The Bertz CT molecular complexity index is 280. The van der Waals surface area contributed by atoms with E-state index in [4.69, 9.17) is 0 Å². The first-order chi connectivity index (χ1) is 9.34. The van der Waals surface area contributed by atoms with Gasteiger partial charge in [0.1, 0.15) is 0 Å². The second-order valence-electron chi connectivity index (χ2n) is 6.84. The van der Waals surface area contributed by atoms with E-state index >= 15 is 0 Å². The Morgan fingerprint density at radius 3 is 2.53 bits per heavy atom. The fourth-order valence-corrected chi connectivity index (χ4v) is 3.92. The molecule has 0 aromatic carbocycles. The number of aliphatic hydroxyl groups excluding tert-OH is 1. The second-order valence-corrected chi connectivity index (χ2v) is 6.84. The van der Waals surface area contributed by atoms with Crippen LogP contribution >= 0.6 is 0 Å². The highest BCUT2D eigenvalue weighted by molar-refractivity contribution is 4.91. The van der Waals surface area contributed by atoms with Gasteiger partial charge < -0.3 is 10.4 Å². The third kappa shape index (κ3) is 3.71. The molecular weight excluding hydrogens is 236 g/mol. The molecule has 0 aromatic rings. The van der Waals surface area contributed by atoms with Crippen molar-refractivity contribution in [2.75, 3.05) is 13.1 Å². The van der Waals surface area contributed by atoms with Crippen LogP contribution in [0.5, 0.6) is 0 Å². The fourth-order valence-electron chi connectivity index (χ4n) is 3.92. The van der Waals surface area contributed by atoms with Gasteiger partial charge in [-0.3, -0.25) is 4.90 Å². The van der Waals surface area contributed by atoms with Gasteiger partial charge in [-0.2, -0.15) is 0 Å². The van der Waals surface area contributed by atoms with E-state index in [1.165, 1.54) is 64.3 Å². The van der Waals surface area contributed by atoms with E-state index in [-0.39, 0.29) is 6.10 Å². The van der Waals surface area contributed by atoms with E-state index in [2.05, 4.69) is 10.2 Å². The summed E-state index contributed by atoms with van der Waals surface area (Å²) in [4.78, 5) is 2.66. The molecule has 3 heteroatoms. The van der Waals surface area contributed by atoms with E-state index in [9.17, 15) is 5.11 Å². The van der Waals surface area contributed by atoms with Crippen LogP contribution in [0.4, 0.5) is 0 Å². The summed E-state index contributed by atoms with van der Waals surface area (Å²) in [5.74, 6) is 0. The van der Waals surface area contributed by atoms with Gasteiger partial charge in [-0.05, 0) is 45.1 Å². The Labute approximate surface area is 117 Å². The number of likely N-dealkylation sites (tertiary alicyclic amines) is 1. The molecule has 3 unspecified atom stereocenters. The molecule has 2 N–H and O–H groups in total. The van der Waals surface area contributed by atoms with E-state index in [1.54, 1.807) is 0 Å². The van der Waals surface area contributed by atoms with Crippen molar-refractivity contribution in [1.82, 2.24) is 10.2 Å². The Morgan fingerprint density at radius 1 is 0.895 bits per heavy atom. The molecule has 1 heterocycles. The summed E-state index contributed by atoms with van der Waals surface area (Å²) >= 11 is 0. The molecule has 3 nitrogen and oxygen atoms in total. The molecule has 3 fully saturated rings. The highest BCUT2D eigenvalue weighted by Gasteiger charge is 2.34. The largest absolute Gasteiger partial charge is 0.391 e. The first-order valence-corrected chi connectivity index (χ1v) is 8.52. The lowest BCUT2D eigenvalue weighted by atomic mass is 9.95. The second kappa shape index (κ2) is 6.55. The van der Waals surface area contributed by atoms with E-state index in [1.807, 2.05) is 0 Å². The van der Waals surface area contributed by atoms with Crippen molar-refractivity contribution in [1.29, 1.82) is 0 Å². The van der Waals surface area contributed by atoms with Crippen LogP contribution in [0.1, 0.15) is 64.2 Å². The average molecular weight is 266 g/mol. The highest BCUT2D eigenvalue weighted by Crippen LogP contribution is 2.28. The Balaban J connectivity index is 1.60. The van der Waals surface area contributed by atoms with Crippen LogP contribution in [0.25, 0.3) is 0 Å². The van der Waals surface area contributed by atoms with E-state index in [0.29, 0.717) is 12.1 Å². The summed E-state index contributed by atoms with van der Waals surface area (Å²) in [7, 11) is 0. The van der Waals surface area contributed by atoms with Crippen LogP contribution in [0, 0.1) is 0 Å². The maximum absolute atomic E-state index is 10.4. The van der Waals surface area contributed by atoms with Crippen LogP contribution in [0.15, 0.2) is 0 Å². The quantitative estimate of drug-likeness (QED) is 0.766. The maximum Gasteiger partial charge on any atom is 0.0695 e. The molecule has 19 heavy (non-hydrogen) atoms. The van der Waals surface area contributed by atoms with Crippen molar-refractivity contribution in [2.24, 2.45) is 0 Å². The van der Waals surface area contributed by atoms with E-state index in [0.717, 1.165) is 19.0 Å². The van der Waals surface area contributed by atoms with Crippen molar-refractivity contribution in [3.8, 4) is 0 Å². The minimum Gasteiger partial charge on any atom is -0.391 e. The minimum atomic E-state index is -0.0796. The number of hydrogen-bond acceptors (Lipinski definition) is 3. The summed E-state index contributed by atoms with van der Waals surface area (Å²) in [5.41, 5.74) is 0. The summed E-state index contributed by atoms with van der Waals surface area (Å²) in [6.07, 6.45) is 12.7. The van der Waals surface area contributed by atoms with Gasteiger partial charge in [0, 0.05) is 24.7 Å². The molecule has 0 spiro atoms. The number of piperidine rings is 1. The van der Waals surface area contributed by atoms with Crippen molar-refractivity contribution < 1.29 is 5.11 Å². The molecule has 1 aliphatic heterocycles. The molecule has 3 atom stereocenters. The van der Waals surface area contributed by atoms with Crippen LogP contribution in [0.3, 0.4) is 0 Å². The van der Waals surface area contributed by atoms with Gasteiger partial charge in [0.25, 0.3) is 0 Å². The van der Waals surface area contributed by atoms with Gasteiger partial charge in [0.2, 0.25) is 0 Å². The van der Waals surface area contributed by atoms with Crippen molar-refractivity contribution >= 4 is 0 Å². The number of rotatable bonds is 4. The van der Waals surface area contributed by atoms with Crippen LogP contribution in [-0.2, 0) is 0 Å². The van der Waals surface area contributed by atoms with Gasteiger partial charge >= 0.3 is 0 Å². The lowest BCUT2D eigenvalue weighted by molar-refractivity contribution is 0.00420. The number of nitrogens with zero attached hydrogens (tertiary/aromatic N) is 1. The topological polar surface area (TPSA) is 35.5 Å². The standard InChI is InChI=1S/C16H30N2O/c19-16-8-3-1-2-7-15(16)18-11-5-4-6-14(18)12-17-13-9-10-13/h13-17,19H,1-12H2. The Morgan fingerprint density at radius 2 is 1.68 bits per heavy atom. The molecule has 2 aliphatic carbocycles. The van der Waals surface area contributed by atoms with Gasteiger partial charge in [-0.25, -0.2) is 0 Å². The number of hydrogen-bond donors (Lipinski definition) is 2. The van der Waals surface area contributed by atoms with Crippen LogP contribution in [-0.4, -0.2) is 47.3 Å². The lowest BCUT2D eigenvalue weighted by Gasteiger charge is -2.43. The Kier molecular flexibility index (Phi) is 4.78. The first-order valence-electron chi connectivity index (χ1n) is 8.52. The van der Waals surface area contributed by atoms with Crippen molar-refractivity contribution in [3.63, 3.8) is 0 Å². The van der Waals surface area contributed by atoms with Crippen molar-refractivity contribution in [3.05, 3.63) is 0 Å². The minimum absolute atomic E-state index is 0.0796. The molecule has 1 saturated heterocycles. The predicted octanol–water partition coefficient (Wildman–Crippen LogP) is 2.29. The maximum atomic E-state index is 10.4. The van der Waals surface area contributed by atoms with Gasteiger partial charge in [-0.1, -0.05) is 25.7 Å². The van der Waals surface area contributed by atoms with E-state index < -0.39 is 0 Å². The normalized spacial score (nSPS) is 38.1. The monoisotopic (exact) mass is 266 g/mol. The van der Waals surface area contributed by atoms with Gasteiger partial charge in [0.05, 0.1) is 6.10 Å². The summed E-state index contributed by atoms with van der Waals surface area (Å²) in [6, 6.07) is 1.92. The fraction of sp³-hybridized carbons (Fsp3) is 1.00. The average Bonchev–Trinajstić information content (AvgIpc) is 3.25. The SMILES string of the molecule is OC1CCCCCC1N1CCCCC1CNC1CC1. The molecule has 0 bridgehead atoms. The molecule has 3 rings (SSSR count). The van der Waals surface area contributed by atoms with Gasteiger partial charge in [-0.15, -0.1) is 0 Å². The first kappa shape index (κ1) is 13.8. The summed E-state index contributed by atoms with van der Waals surface area (Å²) in [6.45, 7) is 2.35. The molecular formula is C16H30N2O.